The normalized spacial score (nSPS) is 12.1. The van der Waals surface area contributed by atoms with Gasteiger partial charge in [-0.15, -0.1) is 0 Å². The fourth-order valence-electron chi connectivity index (χ4n) is 1.66. The van der Waals surface area contributed by atoms with Crippen molar-refractivity contribution in [1.82, 2.24) is 5.32 Å². The van der Waals surface area contributed by atoms with E-state index in [1.807, 2.05) is 30.3 Å². The van der Waals surface area contributed by atoms with Crippen LogP contribution >= 0.6 is 0 Å². The molecule has 0 aliphatic rings. The number of carbonyl (C=O) groups excluding carboxylic acids is 1. The number of nitrogens with two attached hydrogens (primary N) is 1. The third kappa shape index (κ3) is 6.36. The van der Waals surface area contributed by atoms with Gasteiger partial charge in [0.1, 0.15) is 6.04 Å². The van der Waals surface area contributed by atoms with Crippen LogP contribution < -0.4 is 11.1 Å². The summed E-state index contributed by atoms with van der Waals surface area (Å²) in [5.41, 5.74) is 6.71. The molecular weight excluding hydrogens is 240 g/mol. The summed E-state index contributed by atoms with van der Waals surface area (Å²) in [5.74, 6) is -0.139. The molecule has 0 spiro atoms. The summed E-state index contributed by atoms with van der Waals surface area (Å²) in [6.07, 6.45) is 3.05. The molecule has 0 heterocycles. The van der Waals surface area contributed by atoms with Gasteiger partial charge in [-0.25, -0.2) is 0 Å². The fraction of sp³-hybridized carbons (Fsp3) is 0.533. The summed E-state index contributed by atoms with van der Waals surface area (Å²) in [7, 11) is 0. The lowest BCUT2D eigenvalue weighted by molar-refractivity contribution is -0.122. The number of unbranched alkanes of at least 4 members (excludes halogenated alkanes) is 1. The topological polar surface area (TPSA) is 64.3 Å². The third-order valence-electron chi connectivity index (χ3n) is 2.85. The summed E-state index contributed by atoms with van der Waals surface area (Å²) in [6.45, 7) is 4.22. The largest absolute Gasteiger partial charge is 0.381 e. The molecule has 4 nitrogen and oxygen atoms in total. The standard InChI is InChI=1S/C15H24N2O2/c1-2-3-11-19-12-7-10-17-15(18)14(16)13-8-5-4-6-9-13/h4-6,8-9,14H,2-3,7,10-12,16H2,1H3,(H,17,18)/t14-/m0/s1. The van der Waals surface area contributed by atoms with Crippen molar-refractivity contribution in [3.8, 4) is 0 Å². The van der Waals surface area contributed by atoms with Gasteiger partial charge in [0.2, 0.25) is 5.91 Å². The van der Waals surface area contributed by atoms with Crippen LogP contribution in [-0.4, -0.2) is 25.7 Å². The Morgan fingerprint density at radius 1 is 1.26 bits per heavy atom. The number of rotatable bonds is 9. The van der Waals surface area contributed by atoms with Crippen molar-refractivity contribution in [1.29, 1.82) is 0 Å². The Balaban J connectivity index is 2.14. The minimum atomic E-state index is -0.595. The molecule has 1 atom stereocenters. The van der Waals surface area contributed by atoms with Gasteiger partial charge in [0.15, 0.2) is 0 Å². The van der Waals surface area contributed by atoms with Crippen LogP contribution in [0.3, 0.4) is 0 Å². The Morgan fingerprint density at radius 3 is 2.63 bits per heavy atom. The van der Waals surface area contributed by atoms with Gasteiger partial charge >= 0.3 is 0 Å². The van der Waals surface area contributed by atoms with Gasteiger partial charge in [0.25, 0.3) is 0 Å². The van der Waals surface area contributed by atoms with Crippen LogP contribution in [0.4, 0.5) is 0 Å². The van der Waals surface area contributed by atoms with Gasteiger partial charge in [-0.05, 0) is 18.4 Å². The summed E-state index contributed by atoms with van der Waals surface area (Å²) >= 11 is 0. The number of hydrogen-bond acceptors (Lipinski definition) is 3. The molecule has 0 aliphatic heterocycles. The smallest absolute Gasteiger partial charge is 0.241 e. The molecular formula is C15H24N2O2. The first-order chi connectivity index (χ1) is 9.25. The van der Waals surface area contributed by atoms with Gasteiger partial charge in [-0.1, -0.05) is 43.7 Å². The van der Waals surface area contributed by atoms with E-state index in [0.717, 1.165) is 31.4 Å². The quantitative estimate of drug-likeness (QED) is 0.671. The fourth-order valence-corrected chi connectivity index (χ4v) is 1.66. The van der Waals surface area contributed by atoms with Gasteiger partial charge in [0.05, 0.1) is 0 Å². The second-order valence-electron chi connectivity index (χ2n) is 4.50. The lowest BCUT2D eigenvalue weighted by Crippen LogP contribution is -2.34. The molecule has 1 aromatic rings. The molecule has 0 aromatic heterocycles. The Bertz CT molecular complexity index is 354. The third-order valence-corrected chi connectivity index (χ3v) is 2.85. The highest BCUT2D eigenvalue weighted by atomic mass is 16.5. The van der Waals surface area contributed by atoms with Gasteiger partial charge in [-0.3, -0.25) is 4.79 Å². The molecule has 1 amide bonds. The van der Waals surface area contributed by atoms with Crippen LogP contribution in [0.2, 0.25) is 0 Å². The monoisotopic (exact) mass is 264 g/mol. The average molecular weight is 264 g/mol. The maximum Gasteiger partial charge on any atom is 0.241 e. The maximum absolute atomic E-state index is 11.8. The molecule has 0 saturated heterocycles. The second kappa shape index (κ2) is 9.53. The summed E-state index contributed by atoms with van der Waals surface area (Å²) < 4.78 is 5.42. The molecule has 4 heteroatoms. The van der Waals surface area contributed by atoms with Crippen LogP contribution in [0, 0.1) is 0 Å². The molecule has 0 bridgehead atoms. The van der Waals surface area contributed by atoms with E-state index in [2.05, 4.69) is 12.2 Å². The highest BCUT2D eigenvalue weighted by Gasteiger charge is 2.14. The molecule has 0 unspecified atom stereocenters. The van der Waals surface area contributed by atoms with Crippen molar-refractivity contribution in [3.63, 3.8) is 0 Å². The zero-order valence-corrected chi connectivity index (χ0v) is 11.6. The Kier molecular flexibility index (Phi) is 7.86. The minimum Gasteiger partial charge on any atom is -0.381 e. The lowest BCUT2D eigenvalue weighted by atomic mass is 10.1. The number of hydrogen-bond donors (Lipinski definition) is 2. The van der Waals surface area contributed by atoms with Gasteiger partial charge in [-0.2, -0.15) is 0 Å². The van der Waals surface area contributed by atoms with Crippen molar-refractivity contribution in [2.75, 3.05) is 19.8 Å². The van der Waals surface area contributed by atoms with E-state index in [4.69, 9.17) is 10.5 Å². The van der Waals surface area contributed by atoms with Gasteiger partial charge in [0, 0.05) is 19.8 Å². The van der Waals surface area contributed by atoms with Crippen LogP contribution in [0.25, 0.3) is 0 Å². The molecule has 0 fully saturated rings. The van der Waals surface area contributed by atoms with Crippen LogP contribution in [0.15, 0.2) is 30.3 Å². The number of nitrogens with one attached hydrogen (secondary N) is 1. The predicted octanol–water partition coefficient (Wildman–Crippen LogP) is 2.01. The number of amides is 1. The van der Waals surface area contributed by atoms with Crippen LogP contribution in [0.1, 0.15) is 37.8 Å². The van der Waals surface area contributed by atoms with E-state index >= 15 is 0 Å². The van der Waals surface area contributed by atoms with Crippen molar-refractivity contribution < 1.29 is 9.53 Å². The SMILES string of the molecule is CCCCOCCCNC(=O)[C@@H](N)c1ccccc1. The van der Waals surface area contributed by atoms with E-state index < -0.39 is 6.04 Å². The summed E-state index contributed by atoms with van der Waals surface area (Å²) in [5, 5.41) is 2.83. The minimum absolute atomic E-state index is 0.139. The van der Waals surface area contributed by atoms with E-state index in [1.54, 1.807) is 0 Å². The number of benzene rings is 1. The van der Waals surface area contributed by atoms with Crippen molar-refractivity contribution >= 4 is 5.91 Å². The molecule has 106 valence electrons. The van der Waals surface area contributed by atoms with E-state index in [1.165, 1.54) is 0 Å². The lowest BCUT2D eigenvalue weighted by Gasteiger charge is -2.12. The van der Waals surface area contributed by atoms with Crippen LogP contribution in [-0.2, 0) is 9.53 Å². The Labute approximate surface area is 115 Å². The van der Waals surface area contributed by atoms with Crippen LogP contribution in [0.5, 0.6) is 0 Å². The second-order valence-corrected chi connectivity index (χ2v) is 4.50. The molecule has 1 rings (SSSR count). The van der Waals surface area contributed by atoms with E-state index in [9.17, 15) is 4.79 Å². The van der Waals surface area contributed by atoms with Crippen molar-refractivity contribution in [2.45, 2.75) is 32.2 Å². The highest BCUT2D eigenvalue weighted by molar-refractivity contribution is 5.82. The van der Waals surface area contributed by atoms with Gasteiger partial charge < -0.3 is 15.8 Å². The first-order valence-corrected chi connectivity index (χ1v) is 6.91. The Morgan fingerprint density at radius 2 is 1.95 bits per heavy atom. The maximum atomic E-state index is 11.8. The molecule has 1 aromatic carbocycles. The molecule has 0 radical (unpaired) electrons. The van der Waals surface area contributed by atoms with E-state index in [0.29, 0.717) is 13.2 Å². The molecule has 3 N–H and O–H groups in total. The zero-order valence-electron chi connectivity index (χ0n) is 11.6. The Hall–Kier alpha value is -1.39. The average Bonchev–Trinajstić information content (AvgIpc) is 2.46. The number of carbonyl (C=O) groups is 1. The molecule has 0 saturated carbocycles. The zero-order chi connectivity index (χ0) is 13.9. The van der Waals surface area contributed by atoms with Crippen molar-refractivity contribution in [2.24, 2.45) is 5.73 Å². The first kappa shape index (κ1) is 15.7. The van der Waals surface area contributed by atoms with E-state index in [-0.39, 0.29) is 5.91 Å². The first-order valence-electron chi connectivity index (χ1n) is 6.91. The van der Waals surface area contributed by atoms with Crippen molar-refractivity contribution in [3.05, 3.63) is 35.9 Å². The number of ether oxygens (including phenoxy) is 1. The summed E-state index contributed by atoms with van der Waals surface area (Å²) in [4.78, 5) is 11.8. The predicted molar refractivity (Wildman–Crippen MR) is 76.7 cm³/mol. The summed E-state index contributed by atoms with van der Waals surface area (Å²) in [6, 6.07) is 8.79. The molecule has 0 aliphatic carbocycles. The highest BCUT2D eigenvalue weighted by Crippen LogP contribution is 2.08. The molecule has 19 heavy (non-hydrogen) atoms.